The first-order valence-electron chi connectivity index (χ1n) is 7.41. The summed E-state index contributed by atoms with van der Waals surface area (Å²) in [6.45, 7) is 0. The molecule has 1 amide bonds. The molecule has 0 aromatic heterocycles. The van der Waals surface area contributed by atoms with E-state index in [1.807, 2.05) is 0 Å². The minimum Gasteiger partial charge on any atom is -0.455 e. The number of sulfone groups is 1. The minimum atomic E-state index is -3.39. The Hall–Kier alpha value is -2.05. The molecule has 0 spiro atoms. The van der Waals surface area contributed by atoms with Gasteiger partial charge in [0.05, 0.1) is 10.6 Å². The molecule has 126 valence electrons. The minimum absolute atomic E-state index is 0.00438. The zero-order valence-corrected chi connectivity index (χ0v) is 14.5. The van der Waals surface area contributed by atoms with Crippen molar-refractivity contribution in [1.29, 1.82) is 0 Å². The van der Waals surface area contributed by atoms with Gasteiger partial charge in [0.25, 0.3) is 0 Å². The molecule has 1 fully saturated rings. The fourth-order valence-electron chi connectivity index (χ4n) is 2.14. The van der Waals surface area contributed by atoms with Gasteiger partial charge in [0.1, 0.15) is 5.75 Å². The van der Waals surface area contributed by atoms with E-state index in [4.69, 9.17) is 16.3 Å². The summed E-state index contributed by atoms with van der Waals surface area (Å²) in [5.74, 6) is 0.782. The Kier molecular flexibility index (Phi) is 4.51. The Balaban J connectivity index is 1.93. The van der Waals surface area contributed by atoms with Crippen molar-refractivity contribution in [2.24, 2.45) is 5.92 Å². The lowest BCUT2D eigenvalue weighted by Gasteiger charge is -2.13. The molecule has 2 aromatic rings. The summed E-state index contributed by atoms with van der Waals surface area (Å²) in [5.41, 5.74) is 0.338. The number of carbonyl (C=O) groups excluding carboxylic acids is 1. The van der Waals surface area contributed by atoms with Crippen LogP contribution in [0.3, 0.4) is 0 Å². The lowest BCUT2D eigenvalue weighted by molar-refractivity contribution is -0.117. The third-order valence-corrected chi connectivity index (χ3v) is 4.99. The average molecular weight is 366 g/mol. The molecule has 5 nitrogen and oxygen atoms in total. The summed E-state index contributed by atoms with van der Waals surface area (Å²) in [5, 5.41) is 3.34. The first-order chi connectivity index (χ1) is 11.3. The van der Waals surface area contributed by atoms with E-state index in [0.29, 0.717) is 22.2 Å². The van der Waals surface area contributed by atoms with Crippen molar-refractivity contribution in [2.45, 2.75) is 17.7 Å². The maximum absolute atomic E-state index is 12.1. The van der Waals surface area contributed by atoms with Crippen molar-refractivity contribution < 1.29 is 17.9 Å². The highest BCUT2D eigenvalue weighted by Gasteiger charge is 2.30. The number of hydrogen-bond donors (Lipinski definition) is 1. The van der Waals surface area contributed by atoms with Crippen LogP contribution in [0.2, 0.25) is 5.02 Å². The van der Waals surface area contributed by atoms with Crippen LogP contribution in [0.5, 0.6) is 11.5 Å². The monoisotopic (exact) mass is 365 g/mol. The zero-order valence-electron chi connectivity index (χ0n) is 13.0. The van der Waals surface area contributed by atoms with Gasteiger partial charge in [-0.1, -0.05) is 11.6 Å². The first kappa shape index (κ1) is 16.8. The SMILES string of the molecule is CS(=O)(=O)c1ccc(Oc2ccc(Cl)cc2)c(NC(=O)C2CC2)c1. The number of rotatable bonds is 5. The topological polar surface area (TPSA) is 72.5 Å². The predicted octanol–water partition coefficient (Wildman–Crippen LogP) is 3.88. The molecule has 1 saturated carbocycles. The van der Waals surface area contributed by atoms with Crippen LogP contribution >= 0.6 is 11.6 Å². The molecule has 0 heterocycles. The van der Waals surface area contributed by atoms with Gasteiger partial charge in [-0.3, -0.25) is 4.79 Å². The van der Waals surface area contributed by atoms with Crippen LogP contribution in [0, 0.1) is 5.92 Å². The Labute approximate surface area is 145 Å². The van der Waals surface area contributed by atoms with Gasteiger partial charge in [-0.2, -0.15) is 0 Å². The molecule has 0 bridgehead atoms. The highest BCUT2D eigenvalue weighted by atomic mass is 35.5. The van der Waals surface area contributed by atoms with Gasteiger partial charge in [-0.25, -0.2) is 8.42 Å². The highest BCUT2D eigenvalue weighted by molar-refractivity contribution is 7.90. The molecule has 1 aliphatic rings. The van der Waals surface area contributed by atoms with E-state index in [1.165, 1.54) is 18.2 Å². The van der Waals surface area contributed by atoms with Gasteiger partial charge in [0, 0.05) is 17.2 Å². The van der Waals surface area contributed by atoms with Crippen molar-refractivity contribution in [1.82, 2.24) is 0 Å². The molecule has 7 heteroatoms. The first-order valence-corrected chi connectivity index (χ1v) is 9.68. The summed E-state index contributed by atoms with van der Waals surface area (Å²) in [6, 6.07) is 11.2. The molecule has 1 aliphatic carbocycles. The molecule has 2 aromatic carbocycles. The van der Waals surface area contributed by atoms with E-state index in [9.17, 15) is 13.2 Å². The maximum atomic E-state index is 12.1. The summed E-state index contributed by atoms with van der Waals surface area (Å²) >= 11 is 5.85. The molecule has 24 heavy (non-hydrogen) atoms. The predicted molar refractivity (Wildman–Crippen MR) is 92.4 cm³/mol. The third-order valence-electron chi connectivity index (χ3n) is 3.63. The van der Waals surface area contributed by atoms with E-state index >= 15 is 0 Å². The van der Waals surface area contributed by atoms with E-state index in [-0.39, 0.29) is 16.7 Å². The number of benzene rings is 2. The summed E-state index contributed by atoms with van der Waals surface area (Å²) in [4.78, 5) is 12.2. The molecular weight excluding hydrogens is 350 g/mol. The molecule has 3 rings (SSSR count). The second kappa shape index (κ2) is 6.45. The average Bonchev–Trinajstić information content (AvgIpc) is 3.35. The van der Waals surface area contributed by atoms with Crippen LogP contribution in [0.4, 0.5) is 5.69 Å². The van der Waals surface area contributed by atoms with Crippen LogP contribution < -0.4 is 10.1 Å². The molecule has 0 aliphatic heterocycles. The number of halogens is 1. The van der Waals surface area contributed by atoms with Crippen molar-refractivity contribution in [2.75, 3.05) is 11.6 Å². The van der Waals surface area contributed by atoms with E-state index in [1.54, 1.807) is 24.3 Å². The third kappa shape index (κ3) is 4.07. The van der Waals surface area contributed by atoms with E-state index in [0.717, 1.165) is 19.1 Å². The second-order valence-electron chi connectivity index (χ2n) is 5.75. The Bertz CT molecular complexity index is 874. The Morgan fingerprint density at radius 1 is 1.17 bits per heavy atom. The number of carbonyl (C=O) groups is 1. The summed E-state index contributed by atoms with van der Waals surface area (Å²) in [7, 11) is -3.39. The lowest BCUT2D eigenvalue weighted by Crippen LogP contribution is -2.14. The standard InChI is InChI=1S/C17H16ClNO4S/c1-24(21,22)14-8-9-16(23-13-6-4-12(18)5-7-13)15(10-14)19-17(20)11-2-3-11/h4-11H,2-3H2,1H3,(H,19,20). The van der Waals surface area contributed by atoms with Crippen LogP contribution in [0.15, 0.2) is 47.4 Å². The van der Waals surface area contributed by atoms with Crippen LogP contribution in [-0.4, -0.2) is 20.6 Å². The fourth-order valence-corrected chi connectivity index (χ4v) is 2.91. The molecular formula is C17H16ClNO4S. The number of nitrogens with one attached hydrogen (secondary N) is 1. The molecule has 0 atom stereocenters. The number of amides is 1. The molecule has 0 radical (unpaired) electrons. The van der Waals surface area contributed by atoms with Crippen molar-refractivity contribution in [3.63, 3.8) is 0 Å². The van der Waals surface area contributed by atoms with Crippen LogP contribution in [-0.2, 0) is 14.6 Å². The fraction of sp³-hybridized carbons (Fsp3) is 0.235. The summed E-state index contributed by atoms with van der Waals surface area (Å²) in [6.07, 6.45) is 2.82. The van der Waals surface area contributed by atoms with E-state index in [2.05, 4.69) is 5.32 Å². The summed E-state index contributed by atoms with van der Waals surface area (Å²) < 4.78 is 29.3. The largest absolute Gasteiger partial charge is 0.455 e. The van der Waals surface area contributed by atoms with Crippen LogP contribution in [0.25, 0.3) is 0 Å². The zero-order chi connectivity index (χ0) is 17.3. The molecule has 0 saturated heterocycles. The van der Waals surface area contributed by atoms with Gasteiger partial charge in [-0.05, 0) is 55.3 Å². The number of anilines is 1. The number of ether oxygens (including phenoxy) is 1. The quantitative estimate of drug-likeness (QED) is 0.872. The Morgan fingerprint density at radius 3 is 2.42 bits per heavy atom. The van der Waals surface area contributed by atoms with Gasteiger partial charge in [-0.15, -0.1) is 0 Å². The maximum Gasteiger partial charge on any atom is 0.227 e. The smallest absolute Gasteiger partial charge is 0.227 e. The van der Waals surface area contributed by atoms with Gasteiger partial charge >= 0.3 is 0 Å². The van der Waals surface area contributed by atoms with Crippen LogP contribution in [0.1, 0.15) is 12.8 Å². The second-order valence-corrected chi connectivity index (χ2v) is 8.20. The van der Waals surface area contributed by atoms with Crippen molar-refractivity contribution in [3.8, 4) is 11.5 Å². The number of hydrogen-bond acceptors (Lipinski definition) is 4. The van der Waals surface area contributed by atoms with Gasteiger partial charge < -0.3 is 10.1 Å². The van der Waals surface area contributed by atoms with Gasteiger partial charge in [0.2, 0.25) is 5.91 Å². The van der Waals surface area contributed by atoms with Crippen molar-refractivity contribution >= 4 is 33.0 Å². The normalized spacial score (nSPS) is 14.2. The molecule has 0 unspecified atom stereocenters. The molecule has 1 N–H and O–H groups in total. The van der Waals surface area contributed by atoms with Gasteiger partial charge in [0.15, 0.2) is 15.6 Å². The lowest BCUT2D eigenvalue weighted by atomic mass is 10.2. The highest BCUT2D eigenvalue weighted by Crippen LogP contribution is 2.35. The van der Waals surface area contributed by atoms with E-state index < -0.39 is 9.84 Å². The van der Waals surface area contributed by atoms with Crippen molar-refractivity contribution in [3.05, 3.63) is 47.5 Å². The Morgan fingerprint density at radius 2 is 1.83 bits per heavy atom.